The van der Waals surface area contributed by atoms with E-state index in [1.165, 1.54) is 0 Å². The zero-order valence-corrected chi connectivity index (χ0v) is 14.2. The first-order valence-electron chi connectivity index (χ1n) is 8.45. The number of amides is 1. The molecule has 4 nitrogen and oxygen atoms in total. The van der Waals surface area contributed by atoms with E-state index in [-0.39, 0.29) is 12.3 Å². The van der Waals surface area contributed by atoms with Gasteiger partial charge < -0.3 is 10.4 Å². The minimum absolute atomic E-state index is 0.0173. The van der Waals surface area contributed by atoms with E-state index in [1.807, 2.05) is 66.7 Å². The molecule has 0 saturated carbocycles. The lowest BCUT2D eigenvalue weighted by Gasteiger charge is -2.06. The van der Waals surface area contributed by atoms with Crippen molar-refractivity contribution >= 4 is 23.6 Å². The molecule has 0 atom stereocenters. The first-order chi connectivity index (χ1) is 12.1. The van der Waals surface area contributed by atoms with Crippen molar-refractivity contribution in [2.45, 2.75) is 32.1 Å². The molecule has 0 bridgehead atoms. The molecular formula is C21H23NO3. The molecule has 0 saturated heterocycles. The van der Waals surface area contributed by atoms with Crippen LogP contribution >= 0.6 is 0 Å². The molecule has 0 heterocycles. The maximum atomic E-state index is 11.9. The Labute approximate surface area is 148 Å². The molecule has 0 aliphatic heterocycles. The Kier molecular flexibility index (Phi) is 7.44. The molecule has 0 aliphatic carbocycles. The topological polar surface area (TPSA) is 66.4 Å². The third kappa shape index (κ3) is 7.48. The van der Waals surface area contributed by atoms with Gasteiger partial charge >= 0.3 is 5.97 Å². The third-order valence-electron chi connectivity index (χ3n) is 3.74. The summed E-state index contributed by atoms with van der Waals surface area (Å²) in [5.41, 5.74) is 2.96. The number of rotatable bonds is 9. The minimum Gasteiger partial charge on any atom is -0.481 e. The zero-order chi connectivity index (χ0) is 17.9. The minimum atomic E-state index is -0.773. The van der Waals surface area contributed by atoms with Crippen molar-refractivity contribution in [1.29, 1.82) is 0 Å². The summed E-state index contributed by atoms with van der Waals surface area (Å²) in [7, 11) is 0. The molecule has 0 unspecified atom stereocenters. The first kappa shape index (κ1) is 18.5. The van der Waals surface area contributed by atoms with Gasteiger partial charge in [-0.05, 0) is 42.5 Å². The summed E-state index contributed by atoms with van der Waals surface area (Å²) in [6.45, 7) is 0. The molecule has 2 aromatic rings. The highest BCUT2D eigenvalue weighted by Gasteiger charge is 2.02. The van der Waals surface area contributed by atoms with E-state index in [0.29, 0.717) is 19.3 Å². The molecule has 0 aromatic heterocycles. The van der Waals surface area contributed by atoms with Gasteiger partial charge in [0.25, 0.3) is 0 Å². The van der Waals surface area contributed by atoms with E-state index in [4.69, 9.17) is 5.11 Å². The summed E-state index contributed by atoms with van der Waals surface area (Å²) in [4.78, 5) is 22.4. The van der Waals surface area contributed by atoms with Crippen LogP contribution in [0, 0.1) is 0 Å². The molecule has 4 heteroatoms. The fraction of sp³-hybridized carbons (Fsp3) is 0.238. The number of aliphatic carboxylic acids is 1. The van der Waals surface area contributed by atoms with E-state index in [1.54, 1.807) is 0 Å². The van der Waals surface area contributed by atoms with Gasteiger partial charge in [-0.1, -0.05) is 54.6 Å². The Bertz CT molecular complexity index is 706. The van der Waals surface area contributed by atoms with Crippen LogP contribution in [0.4, 0.5) is 5.69 Å². The summed E-state index contributed by atoms with van der Waals surface area (Å²) in [5.74, 6) is -0.790. The number of hydrogen-bond donors (Lipinski definition) is 2. The molecule has 0 fully saturated rings. The summed E-state index contributed by atoms with van der Waals surface area (Å²) in [6.07, 6.45) is 6.66. The van der Waals surface area contributed by atoms with E-state index >= 15 is 0 Å². The number of carboxylic acid groups (broad SMARTS) is 1. The van der Waals surface area contributed by atoms with Gasteiger partial charge in [0.05, 0.1) is 0 Å². The Morgan fingerprint density at radius 1 is 0.960 bits per heavy atom. The SMILES string of the molecule is O=C(O)CCCc1ccc(NC(=O)CC/C=C/c2ccccc2)cc1. The summed E-state index contributed by atoms with van der Waals surface area (Å²) in [6, 6.07) is 17.5. The van der Waals surface area contributed by atoms with Crippen molar-refractivity contribution in [2.75, 3.05) is 5.32 Å². The van der Waals surface area contributed by atoms with Crippen molar-refractivity contribution in [3.63, 3.8) is 0 Å². The predicted octanol–water partition coefficient (Wildman–Crippen LogP) is 4.53. The molecule has 2 rings (SSSR count). The number of nitrogens with one attached hydrogen (secondary N) is 1. The number of anilines is 1. The van der Waals surface area contributed by atoms with Crippen molar-refractivity contribution in [2.24, 2.45) is 0 Å². The van der Waals surface area contributed by atoms with Gasteiger partial charge in [0.2, 0.25) is 5.91 Å². The van der Waals surface area contributed by atoms with Gasteiger partial charge in [0.15, 0.2) is 0 Å². The van der Waals surface area contributed by atoms with Gasteiger partial charge in [-0.15, -0.1) is 0 Å². The lowest BCUT2D eigenvalue weighted by molar-refractivity contribution is -0.137. The number of benzene rings is 2. The van der Waals surface area contributed by atoms with E-state index in [9.17, 15) is 9.59 Å². The van der Waals surface area contributed by atoms with Gasteiger partial charge in [-0.25, -0.2) is 0 Å². The summed E-state index contributed by atoms with van der Waals surface area (Å²) < 4.78 is 0. The number of aryl methyl sites for hydroxylation is 1. The second-order valence-electron chi connectivity index (χ2n) is 5.84. The average Bonchev–Trinajstić information content (AvgIpc) is 2.61. The van der Waals surface area contributed by atoms with Crippen LogP contribution in [0.25, 0.3) is 6.08 Å². The second-order valence-corrected chi connectivity index (χ2v) is 5.84. The Balaban J connectivity index is 1.71. The molecular weight excluding hydrogens is 314 g/mol. The molecule has 0 radical (unpaired) electrons. The van der Waals surface area contributed by atoms with Crippen molar-refractivity contribution < 1.29 is 14.7 Å². The Hall–Kier alpha value is -2.88. The monoisotopic (exact) mass is 337 g/mol. The van der Waals surface area contributed by atoms with Gasteiger partial charge in [-0.3, -0.25) is 9.59 Å². The molecule has 2 N–H and O–H groups in total. The van der Waals surface area contributed by atoms with Crippen molar-refractivity contribution in [3.05, 3.63) is 71.8 Å². The molecule has 1 amide bonds. The maximum Gasteiger partial charge on any atom is 0.303 e. The maximum absolute atomic E-state index is 11.9. The first-order valence-corrected chi connectivity index (χ1v) is 8.45. The molecule has 0 aliphatic rings. The van der Waals surface area contributed by atoms with E-state index < -0.39 is 5.97 Å². The normalized spacial score (nSPS) is 10.7. The van der Waals surface area contributed by atoms with Crippen LogP contribution < -0.4 is 5.32 Å². The van der Waals surface area contributed by atoms with Crippen LogP contribution in [0.15, 0.2) is 60.7 Å². The highest BCUT2D eigenvalue weighted by atomic mass is 16.4. The Morgan fingerprint density at radius 2 is 1.68 bits per heavy atom. The highest BCUT2D eigenvalue weighted by molar-refractivity contribution is 5.90. The van der Waals surface area contributed by atoms with Crippen molar-refractivity contribution in [3.8, 4) is 0 Å². The largest absolute Gasteiger partial charge is 0.481 e. The standard InChI is InChI=1S/C21H23NO3/c23-20(11-5-4-9-17-7-2-1-3-8-17)22-19-15-13-18(14-16-19)10-6-12-21(24)25/h1-4,7-9,13-16H,5-6,10-12H2,(H,22,23)(H,24,25)/b9-4+. The highest BCUT2D eigenvalue weighted by Crippen LogP contribution is 2.12. The average molecular weight is 337 g/mol. The fourth-order valence-electron chi connectivity index (χ4n) is 2.42. The van der Waals surface area contributed by atoms with E-state index in [2.05, 4.69) is 5.32 Å². The van der Waals surface area contributed by atoms with Crippen LogP contribution in [0.1, 0.15) is 36.8 Å². The molecule has 0 spiro atoms. The lowest BCUT2D eigenvalue weighted by atomic mass is 10.1. The van der Waals surface area contributed by atoms with Crippen LogP contribution in [0.5, 0.6) is 0 Å². The number of allylic oxidation sites excluding steroid dienone is 1. The van der Waals surface area contributed by atoms with Crippen LogP contribution in [0.2, 0.25) is 0 Å². The molecule has 25 heavy (non-hydrogen) atoms. The molecule has 2 aromatic carbocycles. The van der Waals surface area contributed by atoms with Gasteiger partial charge in [0, 0.05) is 18.5 Å². The van der Waals surface area contributed by atoms with Crippen LogP contribution in [-0.2, 0) is 16.0 Å². The number of carbonyl (C=O) groups excluding carboxylic acids is 1. The lowest BCUT2D eigenvalue weighted by Crippen LogP contribution is -2.10. The number of hydrogen-bond acceptors (Lipinski definition) is 2. The summed E-state index contributed by atoms with van der Waals surface area (Å²) >= 11 is 0. The Morgan fingerprint density at radius 3 is 2.36 bits per heavy atom. The smallest absolute Gasteiger partial charge is 0.303 e. The fourth-order valence-corrected chi connectivity index (χ4v) is 2.42. The zero-order valence-electron chi connectivity index (χ0n) is 14.2. The van der Waals surface area contributed by atoms with Crippen molar-refractivity contribution in [1.82, 2.24) is 0 Å². The van der Waals surface area contributed by atoms with Gasteiger partial charge in [-0.2, -0.15) is 0 Å². The third-order valence-corrected chi connectivity index (χ3v) is 3.74. The quantitative estimate of drug-likeness (QED) is 0.706. The summed E-state index contributed by atoms with van der Waals surface area (Å²) in [5, 5.41) is 11.5. The molecule has 130 valence electrons. The second kappa shape index (κ2) is 10.1. The van der Waals surface area contributed by atoms with Crippen LogP contribution in [0.3, 0.4) is 0 Å². The van der Waals surface area contributed by atoms with Gasteiger partial charge in [0.1, 0.15) is 0 Å². The number of carboxylic acids is 1. The van der Waals surface area contributed by atoms with E-state index in [0.717, 1.165) is 23.2 Å². The predicted molar refractivity (Wildman–Crippen MR) is 100 cm³/mol. The van der Waals surface area contributed by atoms with Crippen LogP contribution in [-0.4, -0.2) is 17.0 Å². The number of carbonyl (C=O) groups is 2.